The van der Waals surface area contributed by atoms with E-state index in [1.54, 1.807) is 6.08 Å². The molecule has 0 fully saturated rings. The minimum Gasteiger partial charge on any atom is -0.399 e. The summed E-state index contributed by atoms with van der Waals surface area (Å²) in [4.78, 5) is 22.9. The van der Waals surface area contributed by atoms with E-state index in [1.165, 1.54) is 18.1 Å². The molecule has 3 nitrogen and oxygen atoms in total. The number of benzene rings is 2. The Balaban J connectivity index is 0.000000244. The standard InChI is InChI=1S/C14H12NO2P.C9H12/c1-8(15)10-4-3-5-11(6-10)13-7-12(9(2)16)14(17)18-13;1-3-9-6-4-8(2)5-7-9/h3-7H,1,15H2,2H3;4-7H,3H2,1-2H3. The second-order valence-corrected chi connectivity index (χ2v) is 7.47. The predicted octanol–water partition coefficient (Wildman–Crippen LogP) is 4.70. The molecular formula is C23H24NO2P. The molecule has 1 aliphatic heterocycles. The lowest BCUT2D eigenvalue weighted by atomic mass is 10.0. The maximum atomic E-state index is 11.7. The quantitative estimate of drug-likeness (QED) is 0.621. The van der Waals surface area contributed by atoms with Gasteiger partial charge in [-0.3, -0.25) is 9.59 Å². The third-order valence-electron chi connectivity index (χ3n) is 4.17. The van der Waals surface area contributed by atoms with Crippen molar-refractivity contribution in [3.63, 3.8) is 0 Å². The molecule has 0 aliphatic carbocycles. The summed E-state index contributed by atoms with van der Waals surface area (Å²) >= 11 is 0. The summed E-state index contributed by atoms with van der Waals surface area (Å²) in [7, 11) is 0.539. The van der Waals surface area contributed by atoms with Gasteiger partial charge in [0.15, 0.2) is 5.78 Å². The van der Waals surface area contributed by atoms with Crippen molar-refractivity contribution in [1.82, 2.24) is 0 Å². The number of ketones is 1. The van der Waals surface area contributed by atoms with Crippen molar-refractivity contribution in [2.24, 2.45) is 5.73 Å². The van der Waals surface area contributed by atoms with Crippen LogP contribution in [0.15, 0.2) is 66.8 Å². The first-order valence-corrected chi connectivity index (χ1v) is 9.67. The van der Waals surface area contributed by atoms with Crippen LogP contribution in [0, 0.1) is 6.92 Å². The van der Waals surface area contributed by atoms with E-state index < -0.39 is 0 Å². The monoisotopic (exact) mass is 377 g/mol. The number of hydrogen-bond acceptors (Lipinski definition) is 3. The van der Waals surface area contributed by atoms with Gasteiger partial charge in [-0.1, -0.05) is 61.5 Å². The van der Waals surface area contributed by atoms with Crippen LogP contribution in [0.4, 0.5) is 0 Å². The number of nitrogens with two attached hydrogens (primary N) is 1. The molecular weight excluding hydrogens is 353 g/mol. The van der Waals surface area contributed by atoms with E-state index in [0.717, 1.165) is 22.8 Å². The third kappa shape index (κ3) is 5.60. The van der Waals surface area contributed by atoms with Gasteiger partial charge in [0.1, 0.15) is 0 Å². The van der Waals surface area contributed by atoms with Crippen molar-refractivity contribution in [3.8, 4) is 0 Å². The van der Waals surface area contributed by atoms with Gasteiger partial charge in [-0.25, -0.2) is 0 Å². The molecule has 27 heavy (non-hydrogen) atoms. The summed E-state index contributed by atoms with van der Waals surface area (Å²) in [6.45, 7) is 9.37. The number of carbonyl (C=O) groups is 2. The molecule has 0 saturated heterocycles. The van der Waals surface area contributed by atoms with Gasteiger partial charge in [0, 0.05) is 11.0 Å². The fraction of sp³-hybridized carbons (Fsp3) is 0.174. The Hall–Kier alpha value is -2.77. The molecule has 2 N–H and O–H groups in total. The van der Waals surface area contributed by atoms with E-state index in [2.05, 4.69) is 44.7 Å². The summed E-state index contributed by atoms with van der Waals surface area (Å²) in [5, 5.41) is 0.827. The van der Waals surface area contributed by atoms with Crippen LogP contribution in [0.1, 0.15) is 36.1 Å². The molecule has 2 aromatic carbocycles. The Morgan fingerprint density at radius 1 is 1.15 bits per heavy atom. The first-order valence-electron chi connectivity index (χ1n) is 8.78. The lowest BCUT2D eigenvalue weighted by Gasteiger charge is -2.03. The highest BCUT2D eigenvalue weighted by Gasteiger charge is 2.21. The van der Waals surface area contributed by atoms with Crippen molar-refractivity contribution >= 4 is 30.5 Å². The molecule has 2 aromatic rings. The fourth-order valence-electron chi connectivity index (χ4n) is 2.50. The second-order valence-electron chi connectivity index (χ2n) is 6.36. The number of hydrogen-bond donors (Lipinski definition) is 1. The van der Waals surface area contributed by atoms with Crippen molar-refractivity contribution in [3.05, 3.63) is 89.0 Å². The molecule has 0 radical (unpaired) electrons. The first-order chi connectivity index (χ1) is 12.8. The van der Waals surface area contributed by atoms with E-state index in [4.69, 9.17) is 5.73 Å². The predicted molar refractivity (Wildman–Crippen MR) is 115 cm³/mol. The summed E-state index contributed by atoms with van der Waals surface area (Å²) in [5.74, 6) is -0.193. The summed E-state index contributed by atoms with van der Waals surface area (Å²) < 4.78 is 0. The molecule has 138 valence electrons. The van der Waals surface area contributed by atoms with Crippen molar-refractivity contribution in [1.29, 1.82) is 0 Å². The molecule has 3 rings (SSSR count). The highest BCUT2D eigenvalue weighted by molar-refractivity contribution is 7.62. The van der Waals surface area contributed by atoms with E-state index in [0.29, 0.717) is 13.9 Å². The minimum absolute atomic E-state index is 0.144. The van der Waals surface area contributed by atoms with Gasteiger partial charge in [0.25, 0.3) is 0 Å². The van der Waals surface area contributed by atoms with E-state index >= 15 is 0 Å². The Kier molecular flexibility index (Phi) is 7.04. The fourth-order valence-corrected chi connectivity index (χ4v) is 3.53. The summed E-state index contributed by atoms with van der Waals surface area (Å²) in [6, 6.07) is 16.1. The molecule has 0 unspecified atom stereocenters. The van der Waals surface area contributed by atoms with Gasteiger partial charge in [-0.2, -0.15) is 0 Å². The lowest BCUT2D eigenvalue weighted by molar-refractivity contribution is -0.116. The largest absolute Gasteiger partial charge is 0.399 e. The van der Waals surface area contributed by atoms with Crippen LogP contribution in [-0.4, -0.2) is 16.6 Å². The molecule has 4 heteroatoms. The lowest BCUT2D eigenvalue weighted by Crippen LogP contribution is -2.01. The first kappa shape index (κ1) is 20.5. The maximum absolute atomic E-state index is 11.7. The van der Waals surface area contributed by atoms with Crippen LogP contribution in [0.25, 0.3) is 5.70 Å². The third-order valence-corrected chi connectivity index (χ3v) is 5.24. The molecule has 0 atom stereocenters. The van der Waals surface area contributed by atoms with Gasteiger partial charge in [-0.15, -0.1) is 0 Å². The van der Waals surface area contributed by atoms with Gasteiger partial charge in [0.2, 0.25) is 5.52 Å². The normalized spacial score (nSPS) is 13.2. The number of aryl methyl sites for hydroxylation is 2. The highest BCUT2D eigenvalue weighted by Crippen LogP contribution is 2.25. The van der Waals surface area contributed by atoms with Gasteiger partial charge in [-0.05, 0) is 57.3 Å². The van der Waals surface area contributed by atoms with Crippen LogP contribution >= 0.6 is 8.20 Å². The summed E-state index contributed by atoms with van der Waals surface area (Å²) in [5.41, 5.74) is 10.7. The number of carbonyl (C=O) groups excluding carboxylic acids is 2. The second kappa shape index (κ2) is 9.25. The highest BCUT2D eigenvalue weighted by atomic mass is 31.1. The van der Waals surface area contributed by atoms with Crippen LogP contribution in [0.3, 0.4) is 0 Å². The van der Waals surface area contributed by atoms with Crippen LogP contribution in [-0.2, 0) is 16.0 Å². The van der Waals surface area contributed by atoms with E-state index in [-0.39, 0.29) is 16.9 Å². The molecule has 0 spiro atoms. The van der Waals surface area contributed by atoms with Crippen LogP contribution < -0.4 is 5.73 Å². The SMILES string of the molecule is C=C(N)c1cccc(C2=PC(=O)C(C(C)=O)=C2)c1.CCc1ccc(C)cc1. The Labute approximate surface area is 162 Å². The zero-order chi connectivity index (χ0) is 20.0. The van der Waals surface area contributed by atoms with Gasteiger partial charge in [0.05, 0.1) is 5.57 Å². The zero-order valence-electron chi connectivity index (χ0n) is 16.0. The average molecular weight is 377 g/mol. The van der Waals surface area contributed by atoms with Crippen LogP contribution in [0.2, 0.25) is 0 Å². The number of Topliss-reactive ketones (excluding diaryl/α,β-unsaturated/α-hetero) is 1. The van der Waals surface area contributed by atoms with Gasteiger partial charge < -0.3 is 5.73 Å². The molecule has 0 aromatic heterocycles. The molecule has 1 aliphatic rings. The van der Waals surface area contributed by atoms with E-state index in [1.807, 2.05) is 24.3 Å². The molecule has 1 heterocycles. The maximum Gasteiger partial charge on any atom is 0.215 e. The van der Waals surface area contributed by atoms with Gasteiger partial charge >= 0.3 is 0 Å². The average Bonchev–Trinajstić information content (AvgIpc) is 3.05. The summed E-state index contributed by atoms with van der Waals surface area (Å²) in [6.07, 6.45) is 2.80. The minimum atomic E-state index is -0.193. The smallest absolute Gasteiger partial charge is 0.215 e. The van der Waals surface area contributed by atoms with Crippen molar-refractivity contribution in [2.75, 3.05) is 0 Å². The topological polar surface area (TPSA) is 60.2 Å². The molecule has 0 saturated carbocycles. The molecule has 0 bridgehead atoms. The number of rotatable bonds is 4. The van der Waals surface area contributed by atoms with Crippen LogP contribution in [0.5, 0.6) is 0 Å². The molecule has 0 amide bonds. The Bertz CT molecular complexity index is 937. The van der Waals surface area contributed by atoms with Crippen molar-refractivity contribution < 1.29 is 9.59 Å². The zero-order valence-corrected chi connectivity index (χ0v) is 16.8. The Morgan fingerprint density at radius 3 is 2.33 bits per heavy atom. The Morgan fingerprint density at radius 2 is 1.81 bits per heavy atom. The number of allylic oxidation sites excluding steroid dienone is 2. The van der Waals surface area contributed by atoms with E-state index in [9.17, 15) is 9.59 Å². The van der Waals surface area contributed by atoms with Crippen molar-refractivity contribution in [2.45, 2.75) is 27.2 Å².